The summed E-state index contributed by atoms with van der Waals surface area (Å²) in [5.41, 5.74) is 5.45. The Hall–Kier alpha value is -3.28. The van der Waals surface area contributed by atoms with Gasteiger partial charge in [-0.1, -0.05) is 19.9 Å². The molecule has 0 atom stereocenters. The van der Waals surface area contributed by atoms with Gasteiger partial charge in [0, 0.05) is 47.5 Å². The molecule has 0 unspecified atom stereocenters. The number of rotatable bonds is 8. The van der Waals surface area contributed by atoms with E-state index in [-0.39, 0.29) is 0 Å². The molecule has 0 spiro atoms. The minimum atomic E-state index is -1.52. The summed E-state index contributed by atoms with van der Waals surface area (Å²) < 4.78 is 14.4. The first-order valence-electron chi connectivity index (χ1n) is 12.6. The van der Waals surface area contributed by atoms with Crippen molar-refractivity contribution in [2.75, 3.05) is 23.3 Å². The van der Waals surface area contributed by atoms with Crippen molar-refractivity contribution in [3.05, 3.63) is 71.9 Å². The molecule has 0 radical (unpaired) electrons. The zero-order chi connectivity index (χ0) is 25.0. The highest BCUT2D eigenvalue weighted by atomic mass is 19.1. The van der Waals surface area contributed by atoms with E-state index >= 15 is 0 Å². The van der Waals surface area contributed by atoms with E-state index in [1.165, 1.54) is 33.1 Å². The third kappa shape index (κ3) is 6.05. The maximum absolute atomic E-state index is 14.4. The van der Waals surface area contributed by atoms with Gasteiger partial charge in [0.25, 0.3) is 0 Å². The van der Waals surface area contributed by atoms with E-state index in [1.807, 2.05) is 19.2 Å². The highest BCUT2D eigenvalue weighted by Crippen LogP contribution is 2.31. The lowest BCUT2D eigenvalue weighted by Gasteiger charge is -2.28. The van der Waals surface area contributed by atoms with Gasteiger partial charge >= 0.3 is 0 Å². The quantitative estimate of drug-likeness (QED) is 0.379. The molecule has 0 amide bonds. The molecule has 184 valence electrons. The van der Waals surface area contributed by atoms with Crippen molar-refractivity contribution >= 4 is 17.2 Å². The smallest absolute Gasteiger partial charge is 0.147 e. The van der Waals surface area contributed by atoms with E-state index in [9.17, 15) is 4.39 Å². The fourth-order valence-corrected chi connectivity index (χ4v) is 4.48. The first-order chi connectivity index (χ1) is 16.7. The molecule has 0 aromatic carbocycles. The Morgan fingerprint density at radius 1 is 1.11 bits per heavy atom. The summed E-state index contributed by atoms with van der Waals surface area (Å²) >= 11 is 0. The van der Waals surface area contributed by atoms with Gasteiger partial charge in [-0.05, 0) is 82.3 Å². The number of halogens is 1. The predicted molar refractivity (Wildman–Crippen MR) is 143 cm³/mol. The van der Waals surface area contributed by atoms with Gasteiger partial charge in [-0.3, -0.25) is 9.97 Å². The predicted octanol–water partition coefficient (Wildman–Crippen LogP) is 7.08. The SMILES string of the molecule is C=C(Nc1cnc(C)c(-c2cc(CCC)nc(N3CCCCC3)c2)c1)c1ccnc(C(C)(C)F)c1. The Kier molecular flexibility index (Phi) is 7.48. The molecular weight excluding hydrogens is 437 g/mol. The average Bonchev–Trinajstić information content (AvgIpc) is 2.85. The molecule has 5 nitrogen and oxygen atoms in total. The van der Waals surface area contributed by atoms with E-state index in [0.717, 1.165) is 65.5 Å². The van der Waals surface area contributed by atoms with Crippen LogP contribution in [0.2, 0.25) is 0 Å². The molecule has 1 aliphatic rings. The first-order valence-corrected chi connectivity index (χ1v) is 12.6. The van der Waals surface area contributed by atoms with Crippen LogP contribution in [0, 0.1) is 6.92 Å². The maximum Gasteiger partial charge on any atom is 0.147 e. The molecule has 1 N–H and O–H groups in total. The third-order valence-electron chi connectivity index (χ3n) is 6.46. The Morgan fingerprint density at radius 3 is 2.60 bits per heavy atom. The second kappa shape index (κ2) is 10.5. The highest BCUT2D eigenvalue weighted by Gasteiger charge is 2.21. The summed E-state index contributed by atoms with van der Waals surface area (Å²) in [5.74, 6) is 1.06. The van der Waals surface area contributed by atoms with Crippen LogP contribution < -0.4 is 10.2 Å². The molecular formula is C29H36FN5. The number of hydrogen-bond acceptors (Lipinski definition) is 5. The van der Waals surface area contributed by atoms with Gasteiger partial charge in [0.05, 0.1) is 17.6 Å². The largest absolute Gasteiger partial charge is 0.357 e. The van der Waals surface area contributed by atoms with Crippen molar-refractivity contribution in [3.8, 4) is 11.1 Å². The number of nitrogens with one attached hydrogen (secondary N) is 1. The molecule has 3 aromatic rings. The van der Waals surface area contributed by atoms with Crippen LogP contribution in [0.5, 0.6) is 0 Å². The maximum atomic E-state index is 14.4. The van der Waals surface area contributed by atoms with Gasteiger partial charge in [0.1, 0.15) is 11.5 Å². The number of anilines is 2. The molecule has 4 rings (SSSR count). The van der Waals surface area contributed by atoms with Gasteiger partial charge in [0.2, 0.25) is 0 Å². The van der Waals surface area contributed by atoms with Crippen LogP contribution in [0.3, 0.4) is 0 Å². The molecule has 1 aliphatic heterocycles. The molecule has 1 saturated heterocycles. The summed E-state index contributed by atoms with van der Waals surface area (Å²) in [6.45, 7) is 13.5. The lowest BCUT2D eigenvalue weighted by Crippen LogP contribution is -2.30. The van der Waals surface area contributed by atoms with Gasteiger partial charge in [0.15, 0.2) is 0 Å². The van der Waals surface area contributed by atoms with E-state index in [4.69, 9.17) is 4.98 Å². The standard InChI is InChI=1S/C29H36FN5/c1-6-10-24-15-23(17-28(34-24)35-13-8-7-9-14-35)26-18-25(19-32-21(26)3)33-20(2)22-11-12-31-27(16-22)29(4,5)30/h11-12,15-19,33H,2,6-10,13-14H2,1,3-5H3. The fourth-order valence-electron chi connectivity index (χ4n) is 4.48. The van der Waals surface area contributed by atoms with Crippen LogP contribution in [0.15, 0.2) is 49.3 Å². The van der Waals surface area contributed by atoms with Crippen LogP contribution in [0.25, 0.3) is 16.8 Å². The summed E-state index contributed by atoms with van der Waals surface area (Å²) in [6.07, 6.45) is 9.15. The lowest BCUT2D eigenvalue weighted by atomic mass is 10.0. The lowest BCUT2D eigenvalue weighted by molar-refractivity contribution is 0.214. The fraction of sp³-hybridized carbons (Fsp3) is 0.414. The normalized spacial score (nSPS) is 14.1. The summed E-state index contributed by atoms with van der Waals surface area (Å²) in [6, 6.07) is 10.1. The highest BCUT2D eigenvalue weighted by molar-refractivity contribution is 5.79. The zero-order valence-corrected chi connectivity index (χ0v) is 21.4. The number of nitrogens with zero attached hydrogens (tertiary/aromatic N) is 4. The monoisotopic (exact) mass is 473 g/mol. The molecule has 6 heteroatoms. The van der Waals surface area contributed by atoms with Crippen LogP contribution >= 0.6 is 0 Å². The van der Waals surface area contributed by atoms with Crippen LogP contribution in [-0.2, 0) is 12.1 Å². The average molecular weight is 474 g/mol. The number of aryl methyl sites for hydroxylation is 2. The number of pyridine rings is 3. The second-order valence-electron chi connectivity index (χ2n) is 9.87. The van der Waals surface area contributed by atoms with Crippen molar-refractivity contribution < 1.29 is 4.39 Å². The van der Waals surface area contributed by atoms with E-state index in [0.29, 0.717) is 11.4 Å². The molecule has 1 fully saturated rings. The summed E-state index contributed by atoms with van der Waals surface area (Å²) in [5, 5.41) is 3.36. The van der Waals surface area contributed by atoms with Crippen molar-refractivity contribution in [1.82, 2.24) is 15.0 Å². The minimum absolute atomic E-state index is 0.381. The third-order valence-corrected chi connectivity index (χ3v) is 6.46. The topological polar surface area (TPSA) is 53.9 Å². The molecule has 0 saturated carbocycles. The first kappa shape index (κ1) is 24.8. The Morgan fingerprint density at radius 2 is 1.89 bits per heavy atom. The molecule has 0 bridgehead atoms. The second-order valence-corrected chi connectivity index (χ2v) is 9.87. The summed E-state index contributed by atoms with van der Waals surface area (Å²) in [4.78, 5) is 16.2. The van der Waals surface area contributed by atoms with Crippen molar-refractivity contribution in [2.45, 2.75) is 65.5 Å². The van der Waals surface area contributed by atoms with Crippen LogP contribution in [-0.4, -0.2) is 28.0 Å². The minimum Gasteiger partial charge on any atom is -0.357 e. The molecule has 4 heterocycles. The van der Waals surface area contributed by atoms with Crippen molar-refractivity contribution in [2.24, 2.45) is 0 Å². The summed E-state index contributed by atoms with van der Waals surface area (Å²) in [7, 11) is 0. The zero-order valence-electron chi connectivity index (χ0n) is 21.4. The van der Waals surface area contributed by atoms with Gasteiger partial charge in [-0.25, -0.2) is 9.37 Å². The van der Waals surface area contributed by atoms with Crippen molar-refractivity contribution in [1.29, 1.82) is 0 Å². The van der Waals surface area contributed by atoms with E-state index in [2.05, 4.69) is 51.9 Å². The van der Waals surface area contributed by atoms with Crippen molar-refractivity contribution in [3.63, 3.8) is 0 Å². The molecule has 0 aliphatic carbocycles. The Labute approximate surface area is 208 Å². The van der Waals surface area contributed by atoms with Gasteiger partial charge in [-0.2, -0.15) is 0 Å². The van der Waals surface area contributed by atoms with E-state index in [1.54, 1.807) is 12.3 Å². The van der Waals surface area contributed by atoms with E-state index < -0.39 is 5.67 Å². The molecule has 35 heavy (non-hydrogen) atoms. The van der Waals surface area contributed by atoms with Crippen LogP contribution in [0.4, 0.5) is 15.9 Å². The van der Waals surface area contributed by atoms with Gasteiger partial charge < -0.3 is 10.2 Å². The van der Waals surface area contributed by atoms with Crippen LogP contribution in [0.1, 0.15) is 69.1 Å². The Balaban J connectivity index is 1.64. The molecule has 3 aromatic heterocycles. The number of piperidine rings is 1. The number of alkyl halides is 1. The Bertz CT molecular complexity index is 1190. The van der Waals surface area contributed by atoms with Gasteiger partial charge in [-0.15, -0.1) is 0 Å². The number of hydrogen-bond donors (Lipinski definition) is 1. The number of aromatic nitrogens is 3.